The van der Waals surface area contributed by atoms with Gasteiger partial charge >= 0.3 is 5.97 Å². The third-order valence-electron chi connectivity index (χ3n) is 4.85. The Morgan fingerprint density at radius 1 is 1.19 bits per heavy atom. The van der Waals surface area contributed by atoms with Crippen LogP contribution >= 0.6 is 0 Å². The number of benzene rings is 1. The highest BCUT2D eigenvalue weighted by molar-refractivity contribution is 5.73. The van der Waals surface area contributed by atoms with Crippen LogP contribution in [0, 0.1) is 19.8 Å². The number of esters is 1. The number of carbonyl (C=O) groups excluding carboxylic acids is 1. The van der Waals surface area contributed by atoms with Crippen molar-refractivity contribution < 1.29 is 14.3 Å². The van der Waals surface area contributed by atoms with E-state index in [1.807, 2.05) is 32.0 Å². The van der Waals surface area contributed by atoms with Crippen molar-refractivity contribution in [3.05, 3.63) is 35.7 Å². The molecule has 0 bridgehead atoms. The molecule has 1 aromatic heterocycles. The molecule has 0 radical (unpaired) electrons. The molecule has 1 fully saturated rings. The molecule has 0 aliphatic carbocycles. The summed E-state index contributed by atoms with van der Waals surface area (Å²) in [6, 6.07) is 5.85. The Hall–Kier alpha value is -2.83. The maximum Gasteiger partial charge on any atom is 0.308 e. The summed E-state index contributed by atoms with van der Waals surface area (Å²) in [6.45, 7) is 5.45. The Kier molecular flexibility index (Phi) is 5.25. The Morgan fingerprint density at radius 2 is 1.92 bits per heavy atom. The number of carbonyl (C=O) groups is 1. The van der Waals surface area contributed by atoms with Gasteiger partial charge < -0.3 is 20.1 Å². The van der Waals surface area contributed by atoms with Crippen molar-refractivity contribution in [2.24, 2.45) is 5.92 Å². The maximum atomic E-state index is 11.7. The van der Waals surface area contributed by atoms with Gasteiger partial charge in [0, 0.05) is 13.1 Å². The first-order chi connectivity index (χ1) is 12.5. The summed E-state index contributed by atoms with van der Waals surface area (Å²) in [5.41, 5.74) is 9.01. The van der Waals surface area contributed by atoms with Crippen molar-refractivity contribution in [3.8, 4) is 11.6 Å². The maximum absolute atomic E-state index is 11.7. The monoisotopic (exact) mass is 356 g/mol. The second-order valence-electron chi connectivity index (χ2n) is 6.55. The van der Waals surface area contributed by atoms with Crippen LogP contribution in [0.2, 0.25) is 0 Å². The lowest BCUT2D eigenvalue weighted by Crippen LogP contribution is -2.37. The summed E-state index contributed by atoms with van der Waals surface area (Å²) >= 11 is 0. The summed E-state index contributed by atoms with van der Waals surface area (Å²) in [5.74, 6) is 1.45. The van der Waals surface area contributed by atoms with E-state index in [1.165, 1.54) is 19.0 Å². The number of piperidine rings is 1. The smallest absolute Gasteiger partial charge is 0.308 e. The zero-order valence-electron chi connectivity index (χ0n) is 15.4. The molecule has 3 rings (SSSR count). The molecular weight excluding hydrogens is 332 g/mol. The van der Waals surface area contributed by atoms with E-state index < -0.39 is 0 Å². The first-order valence-electron chi connectivity index (χ1n) is 8.68. The topological polar surface area (TPSA) is 90.6 Å². The number of hydrogen-bond acceptors (Lipinski definition) is 7. The molecule has 0 atom stereocenters. The minimum atomic E-state index is -0.154. The average molecular weight is 356 g/mol. The van der Waals surface area contributed by atoms with Gasteiger partial charge in [0.15, 0.2) is 5.82 Å². The molecule has 0 spiro atoms. The molecule has 1 aliphatic rings. The molecule has 1 saturated heterocycles. The molecule has 7 nitrogen and oxygen atoms in total. The number of aryl methyl sites for hydroxylation is 2. The number of anilines is 2. The predicted molar refractivity (Wildman–Crippen MR) is 99.4 cm³/mol. The molecule has 0 unspecified atom stereocenters. The molecule has 2 heterocycles. The van der Waals surface area contributed by atoms with E-state index in [0.29, 0.717) is 49.1 Å². The van der Waals surface area contributed by atoms with E-state index in [9.17, 15) is 4.79 Å². The van der Waals surface area contributed by atoms with Gasteiger partial charge in [0.1, 0.15) is 17.8 Å². The van der Waals surface area contributed by atoms with Gasteiger partial charge in [-0.3, -0.25) is 4.79 Å². The van der Waals surface area contributed by atoms with E-state index >= 15 is 0 Å². The van der Waals surface area contributed by atoms with Gasteiger partial charge in [-0.2, -0.15) is 4.98 Å². The fourth-order valence-electron chi connectivity index (χ4n) is 3.09. The van der Waals surface area contributed by atoms with Crippen LogP contribution in [0.4, 0.5) is 11.5 Å². The Balaban J connectivity index is 1.75. The molecule has 26 heavy (non-hydrogen) atoms. The molecular formula is C19H24N4O3. The molecule has 0 saturated carbocycles. The SMILES string of the molecule is COC(=O)C1CCN(c2ncnc(Oc3ccc(C)c(C)c3)c2N)CC1. The van der Waals surface area contributed by atoms with Crippen LogP contribution in [-0.4, -0.2) is 36.1 Å². The second kappa shape index (κ2) is 7.59. The molecule has 2 N–H and O–H groups in total. The van der Waals surface area contributed by atoms with E-state index in [4.69, 9.17) is 15.2 Å². The molecule has 1 aromatic carbocycles. The quantitative estimate of drug-likeness (QED) is 0.842. The fourth-order valence-corrected chi connectivity index (χ4v) is 3.09. The van der Waals surface area contributed by atoms with Crippen molar-refractivity contribution in [2.45, 2.75) is 26.7 Å². The van der Waals surface area contributed by atoms with Crippen LogP contribution in [0.15, 0.2) is 24.5 Å². The number of ether oxygens (including phenoxy) is 2. The lowest BCUT2D eigenvalue weighted by molar-refractivity contribution is -0.146. The minimum Gasteiger partial charge on any atom is -0.469 e. The van der Waals surface area contributed by atoms with Gasteiger partial charge in [-0.25, -0.2) is 4.98 Å². The number of nitrogens with two attached hydrogens (primary N) is 1. The van der Waals surface area contributed by atoms with Gasteiger partial charge in [-0.15, -0.1) is 0 Å². The summed E-state index contributed by atoms with van der Waals surface area (Å²) in [4.78, 5) is 22.2. The summed E-state index contributed by atoms with van der Waals surface area (Å²) in [5, 5.41) is 0. The Bertz CT molecular complexity index is 801. The normalized spacial score (nSPS) is 15.0. The largest absolute Gasteiger partial charge is 0.469 e. The Labute approximate surface area is 153 Å². The van der Waals surface area contributed by atoms with Crippen molar-refractivity contribution >= 4 is 17.5 Å². The average Bonchev–Trinajstić information content (AvgIpc) is 2.66. The third-order valence-corrected chi connectivity index (χ3v) is 4.85. The number of rotatable bonds is 4. The highest BCUT2D eigenvalue weighted by atomic mass is 16.5. The summed E-state index contributed by atoms with van der Waals surface area (Å²) < 4.78 is 10.7. The van der Waals surface area contributed by atoms with Crippen LogP contribution in [0.1, 0.15) is 24.0 Å². The van der Waals surface area contributed by atoms with Gasteiger partial charge in [-0.05, 0) is 49.9 Å². The highest BCUT2D eigenvalue weighted by Crippen LogP contribution is 2.33. The number of nitrogen functional groups attached to an aromatic ring is 1. The summed E-state index contributed by atoms with van der Waals surface area (Å²) in [6.07, 6.45) is 2.88. The van der Waals surface area contributed by atoms with Crippen molar-refractivity contribution in [3.63, 3.8) is 0 Å². The zero-order chi connectivity index (χ0) is 18.7. The van der Waals surface area contributed by atoms with E-state index in [0.717, 1.165) is 5.56 Å². The minimum absolute atomic E-state index is 0.0643. The first kappa shape index (κ1) is 18.0. The number of aromatic nitrogens is 2. The van der Waals surface area contributed by atoms with E-state index in [2.05, 4.69) is 14.9 Å². The van der Waals surface area contributed by atoms with Gasteiger partial charge in [-0.1, -0.05) is 6.07 Å². The van der Waals surface area contributed by atoms with Crippen LogP contribution in [0.5, 0.6) is 11.6 Å². The van der Waals surface area contributed by atoms with Crippen molar-refractivity contribution in [1.82, 2.24) is 9.97 Å². The van der Waals surface area contributed by atoms with Crippen molar-refractivity contribution in [1.29, 1.82) is 0 Å². The van der Waals surface area contributed by atoms with Crippen LogP contribution in [0.25, 0.3) is 0 Å². The molecule has 2 aromatic rings. The molecule has 0 amide bonds. The lowest BCUT2D eigenvalue weighted by Gasteiger charge is -2.32. The van der Waals surface area contributed by atoms with Gasteiger partial charge in [0.25, 0.3) is 0 Å². The summed E-state index contributed by atoms with van der Waals surface area (Å²) in [7, 11) is 1.42. The van der Waals surface area contributed by atoms with Gasteiger partial charge in [0.05, 0.1) is 13.0 Å². The number of hydrogen-bond donors (Lipinski definition) is 1. The lowest BCUT2D eigenvalue weighted by atomic mass is 9.97. The molecule has 7 heteroatoms. The highest BCUT2D eigenvalue weighted by Gasteiger charge is 2.27. The van der Waals surface area contributed by atoms with E-state index in [1.54, 1.807) is 0 Å². The standard InChI is InChI=1S/C19H24N4O3/c1-12-4-5-15(10-13(12)2)26-18-16(20)17(21-11-22-18)23-8-6-14(7-9-23)19(24)25-3/h4-5,10-11,14H,6-9,20H2,1-3H3. The van der Waals surface area contributed by atoms with Crippen LogP contribution in [-0.2, 0) is 9.53 Å². The Morgan fingerprint density at radius 3 is 2.58 bits per heavy atom. The fraction of sp³-hybridized carbons (Fsp3) is 0.421. The number of nitrogens with zero attached hydrogens (tertiary/aromatic N) is 3. The predicted octanol–water partition coefficient (Wildman–Crippen LogP) is 2.86. The van der Waals surface area contributed by atoms with Crippen LogP contribution in [0.3, 0.4) is 0 Å². The number of methoxy groups -OCH3 is 1. The van der Waals surface area contributed by atoms with Gasteiger partial charge in [0.2, 0.25) is 5.88 Å². The zero-order valence-corrected chi connectivity index (χ0v) is 15.4. The second-order valence-corrected chi connectivity index (χ2v) is 6.55. The molecule has 138 valence electrons. The first-order valence-corrected chi connectivity index (χ1v) is 8.68. The van der Waals surface area contributed by atoms with Crippen LogP contribution < -0.4 is 15.4 Å². The van der Waals surface area contributed by atoms with E-state index in [-0.39, 0.29) is 11.9 Å². The van der Waals surface area contributed by atoms with Crippen molar-refractivity contribution in [2.75, 3.05) is 30.8 Å². The molecule has 1 aliphatic heterocycles. The third kappa shape index (κ3) is 3.71.